The number of aliphatic hydroxyl groups is 3. The lowest BCUT2D eigenvalue weighted by atomic mass is 9.93. The maximum Gasteiger partial charge on any atom is 0.264 e. The average Bonchev–Trinajstić information content (AvgIpc) is 3.76. The summed E-state index contributed by atoms with van der Waals surface area (Å²) in [5.74, 6) is 1.16. The van der Waals surface area contributed by atoms with Gasteiger partial charge in [0, 0.05) is 84.3 Å². The lowest BCUT2D eigenvalue weighted by Crippen LogP contribution is -2.28. The maximum atomic E-state index is 11.2. The highest BCUT2D eigenvalue weighted by atomic mass is 32.2. The van der Waals surface area contributed by atoms with E-state index < -0.39 is 10.1 Å². The van der Waals surface area contributed by atoms with E-state index >= 15 is 0 Å². The molecule has 5 N–H and O–H groups in total. The van der Waals surface area contributed by atoms with Gasteiger partial charge in [0.1, 0.15) is 11.3 Å². The number of nitrogens with one attached hydrogen (secondary N) is 2. The van der Waals surface area contributed by atoms with Crippen LogP contribution < -0.4 is 10.6 Å². The van der Waals surface area contributed by atoms with E-state index in [-0.39, 0.29) is 31.5 Å². The Labute approximate surface area is 325 Å². The molecule has 6 heterocycles. The zero-order valence-corrected chi connectivity index (χ0v) is 32.1. The number of rotatable bonds is 12. The Bertz CT molecular complexity index is 2340. The van der Waals surface area contributed by atoms with Crippen molar-refractivity contribution in [2.45, 2.75) is 88.7 Å². The molecule has 0 amide bonds. The number of pyridine rings is 2. The van der Waals surface area contributed by atoms with E-state index in [0.29, 0.717) is 31.0 Å². The molecule has 2 fully saturated rings. The Balaban J connectivity index is 0.000000173. The summed E-state index contributed by atoms with van der Waals surface area (Å²) in [5.41, 5.74) is 5.02. The monoisotopic (exact) mass is 784 g/mol. The fourth-order valence-electron chi connectivity index (χ4n) is 7.35. The number of hydrogen-bond donors (Lipinski definition) is 5. The maximum absolute atomic E-state index is 11.2. The summed E-state index contributed by atoms with van der Waals surface area (Å²) in [4.78, 5) is 27.0. The van der Waals surface area contributed by atoms with E-state index in [1.54, 1.807) is 24.8 Å². The van der Waals surface area contributed by atoms with Crippen molar-refractivity contribution < 1.29 is 27.9 Å². The number of fused-ring (bicyclic) bond motifs is 2. The van der Waals surface area contributed by atoms with Crippen molar-refractivity contribution in [3.63, 3.8) is 0 Å². The van der Waals surface area contributed by atoms with Crippen molar-refractivity contribution in [3.05, 3.63) is 73.6 Å². The van der Waals surface area contributed by atoms with Gasteiger partial charge in [-0.25, -0.2) is 29.9 Å². The van der Waals surface area contributed by atoms with Gasteiger partial charge in [-0.15, -0.1) is 0 Å². The van der Waals surface area contributed by atoms with Crippen molar-refractivity contribution in [2.75, 3.05) is 30.1 Å². The van der Waals surface area contributed by atoms with Crippen LogP contribution in [0.4, 0.5) is 11.9 Å². The van der Waals surface area contributed by atoms with Crippen LogP contribution in [0.3, 0.4) is 0 Å². The molecule has 0 bridgehead atoms. The molecule has 16 nitrogen and oxygen atoms in total. The minimum absolute atomic E-state index is 0.0305. The van der Waals surface area contributed by atoms with Crippen LogP contribution in [0.5, 0.6) is 0 Å². The van der Waals surface area contributed by atoms with Gasteiger partial charge >= 0.3 is 0 Å². The van der Waals surface area contributed by atoms with E-state index in [4.69, 9.17) is 9.17 Å². The SMILES string of the molecule is CS(=O)(=O)OCCn1cc(-c2ccnc(NC3CCC(O)CC3)n2)c2cccnc21.OCCn1cc(-c2ccnc(NC3CCC(O)CC3)n2)c2cccnc21. The average molecular weight is 785 g/mol. The first-order valence-corrected chi connectivity index (χ1v) is 20.8. The molecule has 8 rings (SSSR count). The highest BCUT2D eigenvalue weighted by Gasteiger charge is 2.22. The summed E-state index contributed by atoms with van der Waals surface area (Å²) in [6.45, 7) is 0.932. The molecule has 2 aliphatic rings. The summed E-state index contributed by atoms with van der Waals surface area (Å²) in [6.07, 6.45) is 18.3. The predicted octanol–water partition coefficient (Wildman–Crippen LogP) is 4.39. The molecular weight excluding hydrogens is 737 g/mol. The van der Waals surface area contributed by atoms with Crippen molar-refractivity contribution in [1.82, 2.24) is 39.0 Å². The summed E-state index contributed by atoms with van der Waals surface area (Å²) in [5, 5.41) is 37.3. The first-order chi connectivity index (χ1) is 27.1. The van der Waals surface area contributed by atoms with Crippen molar-refractivity contribution in [3.8, 4) is 22.5 Å². The molecule has 0 saturated heterocycles. The minimum Gasteiger partial charge on any atom is -0.395 e. The topological polar surface area (TPSA) is 215 Å². The Hall–Kier alpha value is -5.07. The number of nitrogens with zero attached hydrogens (tertiary/aromatic N) is 8. The molecule has 0 aliphatic heterocycles. The summed E-state index contributed by atoms with van der Waals surface area (Å²) >= 11 is 0. The molecule has 56 heavy (non-hydrogen) atoms. The molecule has 17 heteroatoms. The molecule has 0 spiro atoms. The van der Waals surface area contributed by atoms with Gasteiger partial charge in [-0.1, -0.05) is 0 Å². The second-order valence-electron chi connectivity index (χ2n) is 14.3. The van der Waals surface area contributed by atoms with E-state index in [1.165, 1.54) is 0 Å². The number of anilines is 2. The fraction of sp³-hybridized carbons (Fsp3) is 0.436. The number of hydrogen-bond acceptors (Lipinski definition) is 14. The quantitative estimate of drug-likeness (QED) is 0.109. The molecule has 6 aromatic rings. The smallest absolute Gasteiger partial charge is 0.264 e. The normalized spacial score (nSPS) is 20.1. The Morgan fingerprint density at radius 1 is 0.679 bits per heavy atom. The highest BCUT2D eigenvalue weighted by molar-refractivity contribution is 7.85. The predicted molar refractivity (Wildman–Crippen MR) is 213 cm³/mol. The molecule has 6 aromatic heterocycles. The highest BCUT2D eigenvalue weighted by Crippen LogP contribution is 2.31. The first kappa shape index (κ1) is 39.2. The van der Waals surface area contributed by atoms with Crippen molar-refractivity contribution in [2.24, 2.45) is 0 Å². The third-order valence-electron chi connectivity index (χ3n) is 10.2. The van der Waals surface area contributed by atoms with Gasteiger partial charge in [-0.05, 0) is 87.8 Å². The van der Waals surface area contributed by atoms with E-state index in [2.05, 4.69) is 35.6 Å². The van der Waals surface area contributed by atoms with Gasteiger partial charge in [0.25, 0.3) is 10.1 Å². The van der Waals surface area contributed by atoms with Crippen LogP contribution in [0.2, 0.25) is 0 Å². The van der Waals surface area contributed by atoms with Crippen molar-refractivity contribution >= 4 is 44.1 Å². The standard InChI is InChI=1S/C20H25N5O4S.C19H23N5O2/c1-30(27,28)29-12-11-25-13-17(16-3-2-9-21-19(16)25)18-8-10-22-20(24-18)23-14-4-6-15(26)7-5-14;25-11-10-24-12-16(15-2-1-8-20-18(15)24)17-7-9-21-19(23-17)22-13-3-5-14(26)6-4-13/h2-3,8-10,13-15,26H,4-7,11-12H2,1H3,(H,22,23,24);1-2,7-9,12-14,25-26H,3-6,10-11H2,(H,21,22,23). The van der Waals surface area contributed by atoms with Gasteiger partial charge in [0.05, 0.1) is 43.1 Å². The molecular formula is C39H48N10O6S. The van der Waals surface area contributed by atoms with Crippen LogP contribution in [-0.2, 0) is 27.4 Å². The van der Waals surface area contributed by atoms with E-state index in [9.17, 15) is 23.7 Å². The summed E-state index contributed by atoms with van der Waals surface area (Å²) in [7, 11) is -3.49. The van der Waals surface area contributed by atoms with Crippen LogP contribution in [0.1, 0.15) is 51.4 Å². The molecule has 0 atom stereocenters. The molecule has 0 unspecified atom stereocenters. The van der Waals surface area contributed by atoms with Gasteiger partial charge in [0.15, 0.2) is 0 Å². The summed E-state index contributed by atoms with van der Waals surface area (Å²) in [6, 6.07) is 12.0. The molecule has 2 aliphatic carbocycles. The van der Waals surface area contributed by atoms with Crippen LogP contribution in [0, 0.1) is 0 Å². The van der Waals surface area contributed by atoms with Gasteiger partial charge in [-0.2, -0.15) is 8.42 Å². The number of aromatic nitrogens is 8. The lowest BCUT2D eigenvalue weighted by Gasteiger charge is -2.26. The van der Waals surface area contributed by atoms with E-state index in [1.807, 2.05) is 57.9 Å². The third kappa shape index (κ3) is 9.83. The molecule has 0 radical (unpaired) electrons. The van der Waals surface area contributed by atoms with Gasteiger partial charge in [0.2, 0.25) is 11.9 Å². The van der Waals surface area contributed by atoms with Crippen LogP contribution in [0.15, 0.2) is 73.6 Å². The Kier molecular flexibility index (Phi) is 12.5. The van der Waals surface area contributed by atoms with Gasteiger partial charge < -0.3 is 35.1 Å². The molecule has 296 valence electrons. The van der Waals surface area contributed by atoms with Crippen LogP contribution >= 0.6 is 0 Å². The van der Waals surface area contributed by atoms with Crippen molar-refractivity contribution in [1.29, 1.82) is 0 Å². The Morgan fingerprint density at radius 3 is 1.59 bits per heavy atom. The lowest BCUT2D eigenvalue weighted by molar-refractivity contribution is 0.125. The van der Waals surface area contributed by atoms with Crippen LogP contribution in [0.25, 0.3) is 44.6 Å². The Morgan fingerprint density at radius 2 is 1.14 bits per heavy atom. The van der Waals surface area contributed by atoms with Gasteiger partial charge in [-0.3, -0.25) is 4.18 Å². The second kappa shape index (κ2) is 17.8. The molecule has 2 saturated carbocycles. The first-order valence-electron chi connectivity index (χ1n) is 19.0. The second-order valence-corrected chi connectivity index (χ2v) is 15.9. The summed E-state index contributed by atoms with van der Waals surface area (Å²) < 4.78 is 31.2. The van der Waals surface area contributed by atoms with Crippen LogP contribution in [-0.4, -0.2) is 107 Å². The number of aliphatic hydroxyl groups excluding tert-OH is 3. The minimum atomic E-state index is -3.49. The third-order valence-corrected chi connectivity index (χ3v) is 10.8. The van der Waals surface area contributed by atoms with E-state index in [0.717, 1.165) is 102 Å². The zero-order chi connectivity index (χ0) is 39.1. The largest absolute Gasteiger partial charge is 0.395 e. The fourth-order valence-corrected chi connectivity index (χ4v) is 7.73. The zero-order valence-electron chi connectivity index (χ0n) is 31.3. The molecule has 0 aromatic carbocycles.